The van der Waals surface area contributed by atoms with E-state index in [2.05, 4.69) is 82.4 Å². The van der Waals surface area contributed by atoms with E-state index in [0.29, 0.717) is 5.92 Å². The van der Waals surface area contributed by atoms with Gasteiger partial charge in [-0.25, -0.2) is 0 Å². The molecule has 0 aliphatic carbocycles. The van der Waals surface area contributed by atoms with Crippen molar-refractivity contribution in [3.63, 3.8) is 0 Å². The van der Waals surface area contributed by atoms with Crippen LogP contribution >= 0.6 is 0 Å². The molecule has 2 aromatic heterocycles. The third-order valence-corrected chi connectivity index (χ3v) is 6.99. The van der Waals surface area contributed by atoms with E-state index >= 15 is 0 Å². The van der Waals surface area contributed by atoms with Crippen LogP contribution in [0.25, 0.3) is 33.1 Å². The summed E-state index contributed by atoms with van der Waals surface area (Å²) in [6.45, 7) is 6.91. The summed E-state index contributed by atoms with van der Waals surface area (Å²) in [5.41, 5.74) is 7.88. The number of fused-ring (bicyclic) bond motifs is 2. The fourth-order valence-corrected chi connectivity index (χ4v) is 5.08. The van der Waals surface area contributed by atoms with Crippen LogP contribution in [-0.2, 0) is 7.05 Å². The molecule has 0 radical (unpaired) electrons. The van der Waals surface area contributed by atoms with E-state index in [1.54, 1.807) is 0 Å². The van der Waals surface area contributed by atoms with Gasteiger partial charge in [-0.2, -0.15) is 0 Å². The molecule has 4 nitrogen and oxygen atoms in total. The summed E-state index contributed by atoms with van der Waals surface area (Å²) in [7, 11) is 4.14. The average molecular weight is 401 g/mol. The smallest absolute Gasteiger partial charge is 0.0494 e. The second kappa shape index (κ2) is 7.93. The SMILES string of the molecule is CNCCN1CCC(c2ccc3[nH]c(-c4ccc5c(ccn5C)c4)c(C)c3c2)CC1. The number of aromatic amines is 1. The van der Waals surface area contributed by atoms with Crippen molar-refractivity contribution in [1.29, 1.82) is 0 Å². The van der Waals surface area contributed by atoms with E-state index in [1.807, 2.05) is 7.05 Å². The molecule has 0 unspecified atom stereocenters. The average Bonchev–Trinajstić information content (AvgIpc) is 3.32. The minimum Gasteiger partial charge on any atom is -0.354 e. The van der Waals surface area contributed by atoms with Crippen LogP contribution in [0, 0.1) is 6.92 Å². The van der Waals surface area contributed by atoms with Crippen molar-refractivity contribution in [2.75, 3.05) is 33.2 Å². The number of likely N-dealkylation sites (N-methyl/N-ethyl adjacent to an activating group) is 1. The molecule has 0 saturated carbocycles. The summed E-state index contributed by atoms with van der Waals surface area (Å²) >= 11 is 0. The van der Waals surface area contributed by atoms with Crippen LogP contribution < -0.4 is 5.32 Å². The fraction of sp³-hybridized carbons (Fsp3) is 0.385. The first kappa shape index (κ1) is 19.4. The Balaban J connectivity index is 1.42. The van der Waals surface area contributed by atoms with Gasteiger partial charge in [-0.05, 0) is 92.8 Å². The number of aryl methyl sites for hydroxylation is 2. The fourth-order valence-electron chi connectivity index (χ4n) is 5.08. The van der Waals surface area contributed by atoms with Crippen molar-refractivity contribution in [2.45, 2.75) is 25.7 Å². The Hall–Kier alpha value is -2.56. The Labute approximate surface area is 178 Å². The minimum absolute atomic E-state index is 0.679. The van der Waals surface area contributed by atoms with Crippen LogP contribution in [0.15, 0.2) is 48.7 Å². The number of rotatable bonds is 5. The number of benzene rings is 2. The van der Waals surface area contributed by atoms with Crippen LogP contribution in [0.1, 0.15) is 29.9 Å². The largest absolute Gasteiger partial charge is 0.354 e. The first-order chi connectivity index (χ1) is 14.6. The zero-order valence-electron chi connectivity index (χ0n) is 18.3. The summed E-state index contributed by atoms with van der Waals surface area (Å²) in [4.78, 5) is 6.28. The molecule has 0 atom stereocenters. The third-order valence-electron chi connectivity index (χ3n) is 6.99. The molecule has 2 N–H and O–H groups in total. The van der Waals surface area contributed by atoms with E-state index in [-0.39, 0.29) is 0 Å². The van der Waals surface area contributed by atoms with E-state index in [0.717, 1.165) is 13.1 Å². The summed E-state index contributed by atoms with van der Waals surface area (Å²) in [6.07, 6.45) is 4.65. The molecule has 4 heteroatoms. The first-order valence-corrected chi connectivity index (χ1v) is 11.2. The highest BCUT2D eigenvalue weighted by atomic mass is 15.1. The van der Waals surface area contributed by atoms with Crippen LogP contribution in [0.4, 0.5) is 0 Å². The molecule has 0 spiro atoms. The number of piperidine rings is 1. The molecule has 1 aliphatic heterocycles. The van der Waals surface area contributed by atoms with Gasteiger partial charge in [0.2, 0.25) is 0 Å². The molecule has 4 aromatic rings. The quantitative estimate of drug-likeness (QED) is 0.493. The number of hydrogen-bond donors (Lipinski definition) is 2. The lowest BCUT2D eigenvalue weighted by molar-refractivity contribution is 0.214. The van der Waals surface area contributed by atoms with Crippen molar-refractivity contribution in [1.82, 2.24) is 19.8 Å². The molecule has 156 valence electrons. The van der Waals surface area contributed by atoms with Gasteiger partial charge < -0.3 is 19.8 Å². The van der Waals surface area contributed by atoms with Gasteiger partial charge in [0.25, 0.3) is 0 Å². The summed E-state index contributed by atoms with van der Waals surface area (Å²) in [6, 6.07) is 16.0. The lowest BCUT2D eigenvalue weighted by Crippen LogP contribution is -2.37. The predicted molar refractivity (Wildman–Crippen MR) is 127 cm³/mol. The van der Waals surface area contributed by atoms with E-state index < -0.39 is 0 Å². The van der Waals surface area contributed by atoms with Crippen molar-refractivity contribution in [3.05, 3.63) is 59.8 Å². The number of nitrogens with one attached hydrogen (secondary N) is 2. The Morgan fingerprint density at radius 3 is 2.70 bits per heavy atom. The van der Waals surface area contributed by atoms with Crippen molar-refractivity contribution in [3.8, 4) is 11.3 Å². The van der Waals surface area contributed by atoms with Gasteiger partial charge in [0.15, 0.2) is 0 Å². The maximum absolute atomic E-state index is 3.69. The topological polar surface area (TPSA) is 36.0 Å². The second-order valence-electron chi connectivity index (χ2n) is 8.85. The summed E-state index contributed by atoms with van der Waals surface area (Å²) < 4.78 is 2.17. The van der Waals surface area contributed by atoms with Gasteiger partial charge in [-0.3, -0.25) is 0 Å². The van der Waals surface area contributed by atoms with Crippen LogP contribution in [0.2, 0.25) is 0 Å². The Bertz CT molecular complexity index is 1170. The second-order valence-corrected chi connectivity index (χ2v) is 8.85. The van der Waals surface area contributed by atoms with E-state index in [9.17, 15) is 0 Å². The maximum Gasteiger partial charge on any atom is 0.0494 e. The molecule has 3 heterocycles. The lowest BCUT2D eigenvalue weighted by atomic mass is 9.88. The molecule has 5 rings (SSSR count). The Kier molecular flexibility index (Phi) is 5.13. The Morgan fingerprint density at radius 1 is 1.07 bits per heavy atom. The highest BCUT2D eigenvalue weighted by Gasteiger charge is 2.21. The molecule has 1 fully saturated rings. The molecular weight excluding hydrogens is 368 g/mol. The van der Waals surface area contributed by atoms with E-state index in [4.69, 9.17) is 0 Å². The zero-order chi connectivity index (χ0) is 20.7. The van der Waals surface area contributed by atoms with E-state index in [1.165, 1.54) is 70.1 Å². The Morgan fingerprint density at radius 2 is 1.90 bits per heavy atom. The van der Waals surface area contributed by atoms with Gasteiger partial charge in [-0.15, -0.1) is 0 Å². The minimum atomic E-state index is 0.679. The molecule has 2 aromatic carbocycles. The normalized spacial score (nSPS) is 16.1. The molecular formula is C26H32N4. The van der Waals surface area contributed by atoms with Gasteiger partial charge in [0, 0.05) is 53.8 Å². The third kappa shape index (κ3) is 3.44. The predicted octanol–water partition coefficient (Wildman–Crippen LogP) is 5.03. The number of H-pyrrole nitrogens is 1. The van der Waals surface area contributed by atoms with Crippen molar-refractivity contribution >= 4 is 21.8 Å². The number of nitrogens with zero attached hydrogens (tertiary/aromatic N) is 2. The monoisotopic (exact) mass is 400 g/mol. The highest BCUT2D eigenvalue weighted by Crippen LogP contribution is 2.35. The van der Waals surface area contributed by atoms with Crippen LogP contribution in [0.3, 0.4) is 0 Å². The van der Waals surface area contributed by atoms with Crippen molar-refractivity contribution in [2.24, 2.45) is 7.05 Å². The zero-order valence-corrected chi connectivity index (χ0v) is 18.3. The van der Waals surface area contributed by atoms with Gasteiger partial charge in [0.05, 0.1) is 0 Å². The van der Waals surface area contributed by atoms with Gasteiger partial charge in [0.1, 0.15) is 0 Å². The van der Waals surface area contributed by atoms with Crippen LogP contribution in [-0.4, -0.2) is 47.7 Å². The molecule has 1 aliphatic rings. The number of likely N-dealkylation sites (tertiary alicyclic amines) is 1. The highest BCUT2D eigenvalue weighted by molar-refractivity contribution is 5.93. The van der Waals surface area contributed by atoms with Crippen molar-refractivity contribution < 1.29 is 0 Å². The number of hydrogen-bond acceptors (Lipinski definition) is 2. The molecule has 0 bridgehead atoms. The first-order valence-electron chi connectivity index (χ1n) is 11.2. The maximum atomic E-state index is 3.69. The molecule has 1 saturated heterocycles. The molecule has 30 heavy (non-hydrogen) atoms. The van der Waals surface area contributed by atoms with Gasteiger partial charge >= 0.3 is 0 Å². The van der Waals surface area contributed by atoms with Gasteiger partial charge in [-0.1, -0.05) is 12.1 Å². The van der Waals surface area contributed by atoms with Crippen LogP contribution in [0.5, 0.6) is 0 Å². The summed E-state index contributed by atoms with van der Waals surface area (Å²) in [5.74, 6) is 0.679. The lowest BCUT2D eigenvalue weighted by Gasteiger charge is -2.32. The summed E-state index contributed by atoms with van der Waals surface area (Å²) in [5, 5.41) is 5.92. The molecule has 0 amide bonds. The number of aromatic nitrogens is 2. The standard InChI is InChI=1S/C26H32N4/c1-18-23-17-20(19-9-13-30(14-10-19)15-11-27-2)4-6-24(23)28-26(18)22-5-7-25-21(16-22)8-12-29(25)3/h4-8,12,16-17,19,27-28H,9-11,13-15H2,1-3H3.